The molecule has 0 fully saturated rings. The quantitative estimate of drug-likeness (QED) is 0.129. The van der Waals surface area contributed by atoms with Gasteiger partial charge in [-0.3, -0.25) is 0 Å². The third-order valence-corrected chi connectivity index (χ3v) is 0. The Morgan fingerprint density at radius 3 is 0.270 bits per heavy atom. The number of phosphoric acid groups is 6. The van der Waals surface area contributed by atoms with Gasteiger partial charge in [-0.15, -0.1) is 0 Å². The molecule has 0 saturated carbocycles. The van der Waals surface area contributed by atoms with Crippen molar-refractivity contribution >= 4 is 46.9 Å². The Bertz CT molecular complexity index is 480. The molecule has 0 atom stereocenters. The van der Waals surface area contributed by atoms with Crippen LogP contribution in [0.1, 0.15) is 0 Å². The molecule has 0 aromatic carbocycles. The Morgan fingerprint density at radius 1 is 0.270 bits per heavy atom. The molecule has 0 aliphatic heterocycles. The summed E-state index contributed by atoms with van der Waals surface area (Å²) in [4.78, 5) is 148. The van der Waals surface area contributed by atoms with Gasteiger partial charge in [0, 0.05) is 0 Å². The van der Waals surface area contributed by atoms with E-state index in [-0.39, 0.29) is 119 Å². The molecule has 0 radical (unpaired) electrons. The normalized spacial score (nSPS) is 9.57. The van der Waals surface area contributed by atoms with E-state index in [9.17, 15) is 0 Å². The standard InChI is InChI=1S/7Fe.6H3O4P/c;;;;;;;6*1-5(2,3)4/h;;;;;;;6*(H3,1,2,3,4)/q7*+2;;;;;;/p-14. The molecular formula is H4Fe7O24P6. The Labute approximate surface area is 279 Å². The van der Waals surface area contributed by atoms with Crippen LogP contribution in [0.15, 0.2) is 0 Å². The third kappa shape index (κ3) is 3200. The van der Waals surface area contributed by atoms with Crippen molar-refractivity contribution in [2.75, 3.05) is 0 Å². The van der Waals surface area contributed by atoms with Gasteiger partial charge in [-0.1, -0.05) is 0 Å². The van der Waals surface area contributed by atoms with Gasteiger partial charge >= 0.3 is 119 Å². The smallest absolute Gasteiger partial charge is 0.822 e. The summed E-state index contributed by atoms with van der Waals surface area (Å²) in [6.45, 7) is 0. The van der Waals surface area contributed by atoms with E-state index >= 15 is 0 Å². The van der Waals surface area contributed by atoms with Crippen molar-refractivity contribution in [1.29, 1.82) is 0 Å². The Kier molecular flexibility index (Phi) is 86.7. The van der Waals surface area contributed by atoms with Crippen molar-refractivity contribution in [3.63, 3.8) is 0 Å². The van der Waals surface area contributed by atoms with Crippen molar-refractivity contribution in [1.82, 2.24) is 0 Å². The van der Waals surface area contributed by atoms with Crippen LogP contribution in [0.3, 0.4) is 0 Å². The van der Waals surface area contributed by atoms with Gasteiger partial charge in [0.2, 0.25) is 0 Å². The molecule has 0 unspecified atom stereocenters. The van der Waals surface area contributed by atoms with Gasteiger partial charge in [0.15, 0.2) is 0 Å². The SMILES string of the molecule is O=P([O-])([O-])O.O=P([O-])([O-])O.O=P([O-])([O-])O.O=P([O-])([O-])O.O=P([O-])([O-])[O-].O=P([O-])([O-])[O-].[Fe+2].[Fe+2].[Fe+2].[Fe+2].[Fe+2].[Fe+2].[Fe+2]. The molecule has 234 valence electrons. The molecule has 24 nitrogen and oxygen atoms in total. The molecule has 0 aromatic rings. The number of hydrogen-bond donors (Lipinski definition) is 4. The summed E-state index contributed by atoms with van der Waals surface area (Å²) in [6, 6.07) is 0. The predicted octanol–water partition coefficient (Wildman–Crippen LogP) is -14.4. The minimum atomic E-state index is -5.39. The minimum absolute atomic E-state index is 0. The fraction of sp³-hybridized carbons (Fsp3) is 0. The molecule has 0 rings (SSSR count). The van der Waals surface area contributed by atoms with Crippen LogP contribution in [-0.4, -0.2) is 19.6 Å². The number of hydrogen-bond acceptors (Lipinski definition) is 20. The van der Waals surface area contributed by atoms with Crippen LogP contribution in [0.5, 0.6) is 0 Å². The minimum Gasteiger partial charge on any atom is -0.822 e. The van der Waals surface area contributed by atoms with E-state index in [2.05, 4.69) is 0 Å². The van der Waals surface area contributed by atoms with Crippen molar-refractivity contribution in [3.8, 4) is 0 Å². The van der Waals surface area contributed by atoms with Crippen LogP contribution in [0.2, 0.25) is 0 Å². The van der Waals surface area contributed by atoms with Crippen LogP contribution >= 0.6 is 46.9 Å². The molecule has 0 spiro atoms. The summed E-state index contributed by atoms with van der Waals surface area (Å²) < 4.78 is 51.7. The summed E-state index contributed by atoms with van der Waals surface area (Å²) in [7, 11) is -31.3. The van der Waals surface area contributed by atoms with Gasteiger partial charge in [0.05, 0.1) is 31.3 Å². The first kappa shape index (κ1) is 83.7. The van der Waals surface area contributed by atoms with Gasteiger partial charge < -0.3 is 115 Å². The molecule has 4 N–H and O–H groups in total. The third-order valence-electron chi connectivity index (χ3n) is 0. The van der Waals surface area contributed by atoms with Crippen molar-refractivity contribution < 1.29 is 235 Å². The molecule has 0 amide bonds. The maximum absolute atomic E-state index is 8.66. The maximum atomic E-state index is 8.66. The van der Waals surface area contributed by atoms with E-state index in [0.29, 0.717) is 0 Å². The summed E-state index contributed by atoms with van der Waals surface area (Å²) in [5.41, 5.74) is 0. The van der Waals surface area contributed by atoms with Crippen LogP contribution in [0, 0.1) is 0 Å². The molecular weight excluding hydrogens is 961 g/mol. The average Bonchev–Trinajstić information content (AvgIpc) is 1.94. The van der Waals surface area contributed by atoms with Gasteiger partial charge in [-0.2, -0.15) is 15.6 Å². The monoisotopic (exact) mass is 965 g/mol. The molecule has 0 aliphatic rings. The topological polar surface area (TPSA) is 506 Å². The second kappa shape index (κ2) is 38.3. The van der Waals surface area contributed by atoms with Crippen LogP contribution in [0.25, 0.3) is 0 Å². The van der Waals surface area contributed by atoms with Crippen molar-refractivity contribution in [2.24, 2.45) is 0 Å². The second-order valence-corrected chi connectivity index (χ2v) is 8.31. The first-order valence-corrected chi connectivity index (χ1v) is 13.4. The zero-order valence-electron chi connectivity index (χ0n) is 15.1. The van der Waals surface area contributed by atoms with E-state index in [1.807, 2.05) is 0 Å². The molecule has 0 aromatic heterocycles. The Morgan fingerprint density at radius 2 is 0.270 bits per heavy atom. The van der Waals surface area contributed by atoms with E-state index < -0.39 is 46.9 Å². The van der Waals surface area contributed by atoms with Crippen LogP contribution < -0.4 is 68.5 Å². The van der Waals surface area contributed by atoms with E-state index in [1.165, 1.54) is 0 Å². The van der Waals surface area contributed by atoms with Gasteiger partial charge in [0.1, 0.15) is 0 Å². The van der Waals surface area contributed by atoms with Crippen molar-refractivity contribution in [2.45, 2.75) is 0 Å². The first-order chi connectivity index (χ1) is 12.0. The fourth-order valence-electron chi connectivity index (χ4n) is 0. The molecule has 37 heteroatoms. The summed E-state index contributed by atoms with van der Waals surface area (Å²) in [6.07, 6.45) is 0. The molecule has 0 aliphatic carbocycles. The second-order valence-electron chi connectivity index (χ2n) is 2.77. The van der Waals surface area contributed by atoms with Gasteiger partial charge in [-0.05, 0) is 0 Å². The molecule has 37 heavy (non-hydrogen) atoms. The molecule has 0 bridgehead atoms. The van der Waals surface area contributed by atoms with E-state index in [0.717, 1.165) is 0 Å². The first-order valence-electron chi connectivity index (χ1n) is 4.45. The van der Waals surface area contributed by atoms with Gasteiger partial charge in [-0.25, -0.2) is 0 Å². The van der Waals surface area contributed by atoms with Crippen LogP contribution in [0.4, 0.5) is 0 Å². The predicted molar refractivity (Wildman–Crippen MR) is 54.5 cm³/mol. The molecule has 0 saturated heterocycles. The largest absolute Gasteiger partial charge is 2.00 e. The van der Waals surface area contributed by atoms with E-state index in [4.69, 9.17) is 115 Å². The van der Waals surface area contributed by atoms with Gasteiger partial charge in [0.25, 0.3) is 0 Å². The Hall–Kier alpha value is 4.30. The van der Waals surface area contributed by atoms with Crippen LogP contribution in [-0.2, 0) is 147 Å². The zero-order chi connectivity index (χ0) is 27.0. The summed E-state index contributed by atoms with van der Waals surface area (Å²) in [5, 5.41) is 0. The zero-order valence-corrected chi connectivity index (χ0v) is 28.2. The molecule has 0 heterocycles. The summed E-state index contributed by atoms with van der Waals surface area (Å²) >= 11 is 0. The fourth-order valence-corrected chi connectivity index (χ4v) is 0. The summed E-state index contributed by atoms with van der Waals surface area (Å²) in [5.74, 6) is 0. The van der Waals surface area contributed by atoms with Crippen molar-refractivity contribution in [3.05, 3.63) is 0 Å². The number of rotatable bonds is 0. The Balaban J connectivity index is -0.0000000164. The average molecular weight is 965 g/mol. The maximum Gasteiger partial charge on any atom is 2.00 e. The van der Waals surface area contributed by atoms with E-state index in [1.54, 1.807) is 0 Å².